The summed E-state index contributed by atoms with van der Waals surface area (Å²) in [5.41, 5.74) is 5.23. The minimum atomic E-state index is -0.641. The van der Waals surface area contributed by atoms with Crippen LogP contribution >= 0.6 is 12.4 Å². The second-order valence-corrected chi connectivity index (χ2v) is 8.12. The number of hydrogen-bond acceptors (Lipinski definition) is 4. The monoisotopic (exact) mass is 462 g/mol. The largest absolute Gasteiger partial charge is 0.467 e. The summed E-state index contributed by atoms with van der Waals surface area (Å²) < 4.78 is 4.77. The first kappa shape index (κ1) is 31.7. The number of methoxy groups -OCH3 is 1. The lowest BCUT2D eigenvalue weighted by Crippen LogP contribution is -2.42. The topological polar surface area (TPSA) is 117 Å². The predicted octanol–water partition coefficient (Wildman–Crippen LogP) is 4.81. The summed E-state index contributed by atoms with van der Waals surface area (Å²) in [7, 11) is 1.32. The summed E-state index contributed by atoms with van der Waals surface area (Å²) in [6.45, 7) is 2.74. The molecule has 0 rings (SSSR count). The van der Waals surface area contributed by atoms with Crippen LogP contribution in [0.15, 0.2) is 0 Å². The number of unbranched alkanes of at least 4 members (excludes halogenated alkanes) is 12. The van der Waals surface area contributed by atoms with Crippen molar-refractivity contribution in [2.45, 2.75) is 116 Å². The number of hydrogen-bond donors (Lipinski definition) is 4. The van der Waals surface area contributed by atoms with Gasteiger partial charge in [-0.15, -0.1) is 12.4 Å². The molecule has 0 fully saturated rings. The molecule has 0 bridgehead atoms. The van der Waals surface area contributed by atoms with Gasteiger partial charge in [0.05, 0.1) is 7.11 Å². The highest BCUT2D eigenvalue weighted by molar-refractivity contribution is 5.85. The third-order valence-electron chi connectivity index (χ3n) is 5.31. The molecule has 1 atom stereocenters. The summed E-state index contributed by atoms with van der Waals surface area (Å²) in [5, 5.41) is 12.6. The Labute approximate surface area is 195 Å². The van der Waals surface area contributed by atoms with Crippen molar-refractivity contribution in [3.63, 3.8) is 0 Å². The summed E-state index contributed by atoms with van der Waals surface area (Å²) >= 11 is 0. The molecule has 1 amide bonds. The van der Waals surface area contributed by atoms with E-state index in [1.54, 1.807) is 0 Å². The van der Waals surface area contributed by atoms with E-state index in [1.807, 2.05) is 0 Å². The van der Waals surface area contributed by atoms with Crippen LogP contribution in [-0.2, 0) is 14.3 Å². The van der Waals surface area contributed by atoms with Gasteiger partial charge in [0.2, 0.25) is 5.91 Å². The van der Waals surface area contributed by atoms with Crippen LogP contribution in [0.3, 0.4) is 0 Å². The SMILES string of the molecule is CCCCCCCCCCCCCCCC(=O)NC(CCCNC(=N)N)C(=O)OC.Cl. The second-order valence-electron chi connectivity index (χ2n) is 8.12. The lowest BCUT2D eigenvalue weighted by atomic mass is 10.0. The van der Waals surface area contributed by atoms with E-state index in [1.165, 1.54) is 77.7 Å². The maximum atomic E-state index is 12.1. The van der Waals surface area contributed by atoms with E-state index < -0.39 is 12.0 Å². The molecule has 0 spiro atoms. The van der Waals surface area contributed by atoms with Crippen LogP contribution in [0, 0.1) is 5.41 Å². The van der Waals surface area contributed by atoms with Gasteiger partial charge in [-0.3, -0.25) is 10.2 Å². The molecule has 0 aliphatic rings. The maximum Gasteiger partial charge on any atom is 0.328 e. The number of carbonyl (C=O) groups excluding carboxylic acids is 2. The normalized spacial score (nSPS) is 11.3. The Kier molecular flexibility index (Phi) is 23.7. The van der Waals surface area contributed by atoms with E-state index in [-0.39, 0.29) is 24.3 Å². The number of rotatable bonds is 20. The fourth-order valence-corrected chi connectivity index (χ4v) is 3.49. The fraction of sp³-hybridized carbons (Fsp3) is 0.870. The molecular formula is C23H47ClN4O3. The summed E-state index contributed by atoms with van der Waals surface area (Å²) in [4.78, 5) is 24.0. The third kappa shape index (κ3) is 21.5. The maximum absolute atomic E-state index is 12.1. The van der Waals surface area contributed by atoms with Crippen LogP contribution < -0.4 is 16.4 Å². The Morgan fingerprint density at radius 1 is 0.871 bits per heavy atom. The van der Waals surface area contributed by atoms with Crippen LogP contribution in [0.2, 0.25) is 0 Å². The number of halogens is 1. The lowest BCUT2D eigenvalue weighted by Gasteiger charge is -2.16. The minimum absolute atomic E-state index is 0. The summed E-state index contributed by atoms with van der Waals surface area (Å²) in [6.07, 6.45) is 18.0. The van der Waals surface area contributed by atoms with Crippen LogP contribution in [0.1, 0.15) is 110 Å². The van der Waals surface area contributed by atoms with E-state index in [4.69, 9.17) is 15.9 Å². The molecule has 0 aromatic rings. The van der Waals surface area contributed by atoms with Crippen molar-refractivity contribution in [1.29, 1.82) is 5.41 Å². The fourth-order valence-electron chi connectivity index (χ4n) is 3.49. The Bertz CT molecular complexity index is 464. The smallest absolute Gasteiger partial charge is 0.328 e. The van der Waals surface area contributed by atoms with Crippen molar-refractivity contribution in [3.05, 3.63) is 0 Å². The molecule has 0 saturated heterocycles. The molecule has 0 radical (unpaired) electrons. The number of nitrogens with two attached hydrogens (primary N) is 1. The van der Waals surface area contributed by atoms with Crippen LogP contribution in [0.5, 0.6) is 0 Å². The van der Waals surface area contributed by atoms with Gasteiger partial charge in [0.25, 0.3) is 0 Å². The molecule has 0 aromatic carbocycles. The number of ether oxygens (including phenoxy) is 1. The minimum Gasteiger partial charge on any atom is -0.467 e. The Morgan fingerprint density at radius 2 is 1.35 bits per heavy atom. The van der Waals surface area contributed by atoms with E-state index in [2.05, 4.69) is 17.6 Å². The quantitative estimate of drug-likeness (QED) is 0.0895. The van der Waals surface area contributed by atoms with Gasteiger partial charge < -0.3 is 21.1 Å². The van der Waals surface area contributed by atoms with Gasteiger partial charge in [0.1, 0.15) is 6.04 Å². The van der Waals surface area contributed by atoms with Crippen molar-refractivity contribution < 1.29 is 14.3 Å². The van der Waals surface area contributed by atoms with Crippen molar-refractivity contribution in [2.75, 3.05) is 13.7 Å². The summed E-state index contributed by atoms with van der Waals surface area (Å²) in [5.74, 6) is -0.638. The van der Waals surface area contributed by atoms with Crippen molar-refractivity contribution >= 4 is 30.2 Å². The van der Waals surface area contributed by atoms with Gasteiger partial charge in [0.15, 0.2) is 5.96 Å². The highest BCUT2D eigenvalue weighted by Crippen LogP contribution is 2.13. The van der Waals surface area contributed by atoms with E-state index >= 15 is 0 Å². The number of carbonyl (C=O) groups is 2. The Morgan fingerprint density at radius 3 is 1.81 bits per heavy atom. The van der Waals surface area contributed by atoms with Gasteiger partial charge in [-0.25, -0.2) is 4.79 Å². The predicted molar refractivity (Wildman–Crippen MR) is 131 cm³/mol. The molecule has 0 heterocycles. The third-order valence-corrected chi connectivity index (χ3v) is 5.31. The highest BCUT2D eigenvalue weighted by atomic mass is 35.5. The van der Waals surface area contributed by atoms with Gasteiger partial charge >= 0.3 is 5.97 Å². The standard InChI is InChI=1S/C23H46N4O3.ClH/c1-3-4-5-6-7-8-9-10-11-12-13-14-15-18-21(28)27-20(22(29)30-2)17-16-19-26-23(24)25;/h20H,3-19H2,1-2H3,(H,27,28)(H4,24,25,26);1H. The van der Waals surface area contributed by atoms with Crippen LogP contribution in [0.25, 0.3) is 0 Å². The zero-order valence-electron chi connectivity index (χ0n) is 19.8. The van der Waals surface area contributed by atoms with Crippen molar-refractivity contribution in [2.24, 2.45) is 5.73 Å². The zero-order chi connectivity index (χ0) is 22.5. The average molecular weight is 463 g/mol. The molecule has 184 valence electrons. The average Bonchev–Trinajstić information content (AvgIpc) is 2.72. The number of amides is 1. The van der Waals surface area contributed by atoms with Gasteiger partial charge in [-0.1, -0.05) is 84.0 Å². The summed E-state index contributed by atoms with van der Waals surface area (Å²) in [6, 6.07) is -0.641. The van der Waals surface area contributed by atoms with Crippen molar-refractivity contribution in [1.82, 2.24) is 10.6 Å². The number of nitrogens with one attached hydrogen (secondary N) is 3. The second kappa shape index (κ2) is 23.2. The first-order valence-electron chi connectivity index (χ1n) is 12.0. The highest BCUT2D eigenvalue weighted by Gasteiger charge is 2.20. The van der Waals surface area contributed by atoms with Crippen LogP contribution in [0.4, 0.5) is 0 Å². The van der Waals surface area contributed by atoms with Crippen molar-refractivity contribution in [3.8, 4) is 0 Å². The molecule has 5 N–H and O–H groups in total. The molecule has 8 heteroatoms. The molecular weight excluding hydrogens is 416 g/mol. The molecule has 0 saturated carbocycles. The van der Waals surface area contributed by atoms with Gasteiger partial charge in [0, 0.05) is 13.0 Å². The molecule has 1 unspecified atom stereocenters. The molecule has 31 heavy (non-hydrogen) atoms. The first-order chi connectivity index (χ1) is 14.5. The Hall–Kier alpha value is -1.50. The zero-order valence-corrected chi connectivity index (χ0v) is 20.6. The Balaban J connectivity index is 0. The van der Waals surface area contributed by atoms with Gasteiger partial charge in [-0.05, 0) is 19.3 Å². The molecule has 0 aromatic heterocycles. The van der Waals surface area contributed by atoms with E-state index in [0.29, 0.717) is 25.8 Å². The van der Waals surface area contributed by atoms with E-state index in [0.717, 1.165) is 12.8 Å². The molecule has 7 nitrogen and oxygen atoms in total. The first-order valence-corrected chi connectivity index (χ1v) is 12.0. The number of guanidine groups is 1. The number of esters is 1. The van der Waals surface area contributed by atoms with Crippen LogP contribution in [-0.4, -0.2) is 37.5 Å². The molecule has 0 aliphatic carbocycles. The lowest BCUT2D eigenvalue weighted by molar-refractivity contribution is -0.145. The van der Waals surface area contributed by atoms with Gasteiger partial charge in [-0.2, -0.15) is 0 Å². The molecule has 0 aliphatic heterocycles. The van der Waals surface area contributed by atoms with E-state index in [9.17, 15) is 9.59 Å².